The van der Waals surface area contributed by atoms with E-state index < -0.39 is 0 Å². The molecule has 2 aromatic rings. The largest absolute Gasteiger partial charge is 1.00 e. The Kier molecular flexibility index (Phi) is 5.34. The lowest BCUT2D eigenvalue weighted by Crippen LogP contribution is -3.00. The summed E-state index contributed by atoms with van der Waals surface area (Å²) >= 11 is 0. The van der Waals surface area contributed by atoms with Gasteiger partial charge in [-0.15, -0.1) is 0 Å². The Bertz CT molecular complexity index is 420. The molecule has 0 atom stereocenters. The lowest BCUT2D eigenvalue weighted by atomic mass is 10.4. The molecule has 0 aliphatic heterocycles. The van der Waals surface area contributed by atoms with E-state index in [2.05, 4.69) is 20.6 Å². The Labute approximate surface area is 116 Å². The summed E-state index contributed by atoms with van der Waals surface area (Å²) in [6.07, 6.45) is 6.69. The van der Waals surface area contributed by atoms with Gasteiger partial charge in [-0.05, 0) is 18.2 Å². The van der Waals surface area contributed by atoms with E-state index in [-0.39, 0.29) is 30.0 Å². The van der Waals surface area contributed by atoms with Gasteiger partial charge in [-0.3, -0.25) is 4.98 Å². The van der Waals surface area contributed by atoms with Gasteiger partial charge in [0.1, 0.15) is 5.69 Å². The molecule has 6 heteroatoms. The van der Waals surface area contributed by atoms with Gasteiger partial charge in [0.05, 0.1) is 11.9 Å². The minimum atomic E-state index is -0.299. The molecule has 0 aliphatic rings. The fraction of sp³-hybridized carbons (Fsp3) is 0. The van der Waals surface area contributed by atoms with Gasteiger partial charge in [-0.2, -0.15) is 0 Å². The molecule has 5 nitrogen and oxygen atoms in total. The van der Waals surface area contributed by atoms with Crippen molar-refractivity contribution in [2.75, 3.05) is 10.6 Å². The number of hydrogen-bond acceptors (Lipinski definition) is 2. The predicted molar refractivity (Wildman–Crippen MR) is 59.9 cm³/mol. The molecule has 2 aromatic heterocycles. The molecule has 0 fully saturated rings. The Hall–Kier alpha value is -1.70. The van der Waals surface area contributed by atoms with Gasteiger partial charge in [0.25, 0.3) is 0 Å². The molecular formula is C11H11IN4O. The zero-order valence-corrected chi connectivity index (χ0v) is 11.0. The molecular weight excluding hydrogens is 331 g/mol. The summed E-state index contributed by atoms with van der Waals surface area (Å²) in [6, 6.07) is 6.82. The van der Waals surface area contributed by atoms with E-state index in [0.29, 0.717) is 11.4 Å². The molecule has 2 amide bonds. The highest BCUT2D eigenvalue weighted by molar-refractivity contribution is 5.99. The van der Waals surface area contributed by atoms with Crippen molar-refractivity contribution in [3.05, 3.63) is 49.1 Å². The van der Waals surface area contributed by atoms with Crippen molar-refractivity contribution in [1.82, 2.24) is 4.98 Å². The number of anilines is 2. The first-order chi connectivity index (χ1) is 7.84. The van der Waals surface area contributed by atoms with Crippen molar-refractivity contribution < 1.29 is 33.8 Å². The van der Waals surface area contributed by atoms with E-state index in [1.54, 1.807) is 49.1 Å². The van der Waals surface area contributed by atoms with Crippen molar-refractivity contribution in [3.63, 3.8) is 0 Å². The van der Waals surface area contributed by atoms with Gasteiger partial charge in [-0.25, -0.2) is 9.78 Å². The van der Waals surface area contributed by atoms with Gasteiger partial charge in [0.2, 0.25) is 0 Å². The van der Waals surface area contributed by atoms with Crippen LogP contribution in [0.5, 0.6) is 0 Å². The third-order valence-electron chi connectivity index (χ3n) is 1.88. The van der Waals surface area contributed by atoms with Crippen LogP contribution in [0.4, 0.5) is 16.2 Å². The third-order valence-corrected chi connectivity index (χ3v) is 1.88. The number of aromatic nitrogens is 2. The number of pyridine rings is 2. The minimum Gasteiger partial charge on any atom is -1.00 e. The number of halogens is 1. The number of amides is 2. The van der Waals surface area contributed by atoms with E-state index >= 15 is 0 Å². The zero-order chi connectivity index (χ0) is 11.2. The van der Waals surface area contributed by atoms with Crippen LogP contribution in [0.3, 0.4) is 0 Å². The fourth-order valence-electron chi connectivity index (χ4n) is 1.20. The number of nitrogens with zero attached hydrogens (tertiary/aromatic N) is 1. The maximum absolute atomic E-state index is 11.5. The number of aromatic amines is 1. The van der Waals surface area contributed by atoms with Crippen LogP contribution in [0.1, 0.15) is 0 Å². The Morgan fingerprint density at radius 2 is 1.94 bits per heavy atom. The number of rotatable bonds is 2. The molecule has 0 saturated carbocycles. The monoisotopic (exact) mass is 342 g/mol. The summed E-state index contributed by atoms with van der Waals surface area (Å²) in [6.45, 7) is 0. The van der Waals surface area contributed by atoms with E-state index in [0.717, 1.165) is 0 Å². The Morgan fingerprint density at radius 1 is 1.18 bits per heavy atom. The summed E-state index contributed by atoms with van der Waals surface area (Å²) < 4.78 is 0. The van der Waals surface area contributed by atoms with Crippen LogP contribution in [-0.2, 0) is 0 Å². The number of urea groups is 1. The maximum Gasteiger partial charge on any atom is 0.323 e. The first kappa shape index (κ1) is 13.4. The quantitative estimate of drug-likeness (QED) is 0.656. The van der Waals surface area contributed by atoms with Gasteiger partial charge in [0, 0.05) is 12.3 Å². The molecule has 0 bridgehead atoms. The number of H-pyrrole nitrogens is 1. The molecule has 2 heterocycles. The number of carbonyl (C=O) groups is 1. The first-order valence-electron chi connectivity index (χ1n) is 4.79. The van der Waals surface area contributed by atoms with Crippen molar-refractivity contribution >= 4 is 17.4 Å². The maximum atomic E-state index is 11.5. The molecule has 17 heavy (non-hydrogen) atoms. The van der Waals surface area contributed by atoms with Gasteiger partial charge < -0.3 is 34.6 Å². The second-order valence-electron chi connectivity index (χ2n) is 3.11. The lowest BCUT2D eigenvalue weighted by Gasteiger charge is -2.04. The molecule has 2 rings (SSSR count). The molecule has 88 valence electrons. The fourth-order valence-corrected chi connectivity index (χ4v) is 1.20. The molecule has 0 unspecified atom stereocenters. The highest BCUT2D eigenvalue weighted by Crippen LogP contribution is 2.05. The summed E-state index contributed by atoms with van der Waals surface area (Å²) in [5.74, 6) is 0. The van der Waals surface area contributed by atoms with Crippen LogP contribution >= 0.6 is 0 Å². The van der Waals surface area contributed by atoms with Crippen LogP contribution in [0.15, 0.2) is 49.1 Å². The minimum absolute atomic E-state index is 0. The molecule has 3 N–H and O–H groups in total. The van der Waals surface area contributed by atoms with Crippen LogP contribution in [0.2, 0.25) is 0 Å². The number of nitrogens with one attached hydrogen (secondary N) is 3. The van der Waals surface area contributed by atoms with Gasteiger partial charge in [0.15, 0.2) is 12.4 Å². The van der Waals surface area contributed by atoms with Crippen LogP contribution < -0.4 is 39.6 Å². The second kappa shape index (κ2) is 6.79. The molecule has 0 spiro atoms. The molecule has 0 aromatic carbocycles. The van der Waals surface area contributed by atoms with Crippen molar-refractivity contribution in [2.45, 2.75) is 0 Å². The zero-order valence-electron chi connectivity index (χ0n) is 8.85. The highest BCUT2D eigenvalue weighted by Gasteiger charge is 2.02. The van der Waals surface area contributed by atoms with Crippen molar-refractivity contribution in [3.8, 4) is 0 Å². The van der Waals surface area contributed by atoms with Crippen LogP contribution in [-0.4, -0.2) is 11.0 Å². The Morgan fingerprint density at radius 3 is 2.59 bits per heavy atom. The van der Waals surface area contributed by atoms with Crippen LogP contribution in [0.25, 0.3) is 0 Å². The average Bonchev–Trinajstić information content (AvgIpc) is 2.31. The average molecular weight is 342 g/mol. The lowest BCUT2D eigenvalue weighted by molar-refractivity contribution is -0.377. The summed E-state index contributed by atoms with van der Waals surface area (Å²) in [5, 5.41) is 5.35. The SMILES string of the molecule is O=C(Nc1cccnc1)Nc1ccc[nH+]c1.[I-]. The summed E-state index contributed by atoms with van der Waals surface area (Å²) in [5.41, 5.74) is 1.35. The third kappa shape index (κ3) is 4.35. The van der Waals surface area contributed by atoms with Crippen molar-refractivity contribution in [1.29, 1.82) is 0 Å². The van der Waals surface area contributed by atoms with Crippen LogP contribution in [0, 0.1) is 0 Å². The van der Waals surface area contributed by atoms with Gasteiger partial charge >= 0.3 is 6.03 Å². The normalized spacial score (nSPS) is 8.94. The van der Waals surface area contributed by atoms with Gasteiger partial charge in [-0.1, -0.05) is 0 Å². The highest BCUT2D eigenvalue weighted by atomic mass is 127. The smallest absolute Gasteiger partial charge is 0.323 e. The Balaban J connectivity index is 0.00000144. The molecule has 0 saturated heterocycles. The first-order valence-corrected chi connectivity index (χ1v) is 4.79. The topological polar surface area (TPSA) is 68.2 Å². The van der Waals surface area contributed by atoms with Crippen molar-refractivity contribution in [2.24, 2.45) is 0 Å². The standard InChI is InChI=1S/C11H10N4O.HI/c16-11(14-9-3-1-5-12-7-9)15-10-4-2-6-13-8-10;/h1-8H,(H2,14,15,16);1H. The second-order valence-corrected chi connectivity index (χ2v) is 3.11. The van der Waals surface area contributed by atoms with E-state index in [1.165, 1.54) is 0 Å². The summed E-state index contributed by atoms with van der Waals surface area (Å²) in [7, 11) is 0. The predicted octanol–water partition coefficient (Wildman–Crippen LogP) is -1.46. The van der Waals surface area contributed by atoms with E-state index in [9.17, 15) is 4.79 Å². The van der Waals surface area contributed by atoms with E-state index in [1.807, 2.05) is 0 Å². The number of carbonyl (C=O) groups excluding carboxylic acids is 1. The molecule has 0 aliphatic carbocycles. The molecule has 0 radical (unpaired) electrons. The summed E-state index contributed by atoms with van der Waals surface area (Å²) in [4.78, 5) is 18.3. The number of hydrogen-bond donors (Lipinski definition) is 2. The van der Waals surface area contributed by atoms with E-state index in [4.69, 9.17) is 0 Å².